The van der Waals surface area contributed by atoms with Crippen molar-refractivity contribution in [2.45, 2.75) is 25.4 Å². The van der Waals surface area contributed by atoms with Crippen molar-refractivity contribution in [2.24, 2.45) is 11.8 Å². The van der Waals surface area contributed by atoms with Gasteiger partial charge in [-0.25, -0.2) is 9.37 Å². The van der Waals surface area contributed by atoms with Crippen molar-refractivity contribution in [1.82, 2.24) is 14.9 Å². The van der Waals surface area contributed by atoms with E-state index in [1.165, 1.54) is 11.3 Å². The van der Waals surface area contributed by atoms with Crippen LogP contribution in [-0.4, -0.2) is 53.3 Å². The molecule has 0 aliphatic carbocycles. The highest BCUT2D eigenvalue weighted by Crippen LogP contribution is 2.35. The lowest BCUT2D eigenvalue weighted by Crippen LogP contribution is -2.42. The molecule has 168 valence electrons. The van der Waals surface area contributed by atoms with Crippen molar-refractivity contribution in [1.29, 1.82) is 0 Å². The Labute approximate surface area is 192 Å². The number of alkyl halides is 1. The van der Waals surface area contributed by atoms with Crippen LogP contribution < -0.4 is 4.74 Å². The van der Waals surface area contributed by atoms with Crippen molar-refractivity contribution in [2.75, 3.05) is 33.4 Å². The summed E-state index contributed by atoms with van der Waals surface area (Å²) in [6, 6.07) is 7.32. The van der Waals surface area contributed by atoms with E-state index in [0.717, 1.165) is 41.8 Å². The fourth-order valence-corrected chi connectivity index (χ4v) is 4.96. The van der Waals surface area contributed by atoms with Crippen LogP contribution in [0.4, 0.5) is 4.39 Å². The van der Waals surface area contributed by atoms with Gasteiger partial charge in [-0.1, -0.05) is 5.92 Å². The third-order valence-electron chi connectivity index (χ3n) is 6.25. The molecule has 0 amide bonds. The highest BCUT2D eigenvalue weighted by atomic mass is 32.1. The molecule has 2 aromatic heterocycles. The Kier molecular flexibility index (Phi) is 7.69. The minimum Gasteiger partial charge on any atom is -0.497 e. The Bertz CT molecular complexity index is 1080. The van der Waals surface area contributed by atoms with Crippen LogP contribution in [0.3, 0.4) is 0 Å². The number of rotatable bonds is 7. The molecule has 4 rings (SSSR count). The average molecular weight is 454 g/mol. The molecule has 1 aliphatic rings. The highest BCUT2D eigenvalue weighted by Gasteiger charge is 2.29. The van der Waals surface area contributed by atoms with Gasteiger partial charge < -0.3 is 9.84 Å². The summed E-state index contributed by atoms with van der Waals surface area (Å²) in [5, 5.41) is 13.5. The molecule has 3 aromatic rings. The lowest BCUT2D eigenvalue weighted by molar-refractivity contribution is 0.0708. The molecule has 0 saturated carbocycles. The summed E-state index contributed by atoms with van der Waals surface area (Å²) in [6.45, 7) is 2.49. The molecular weight excluding hydrogens is 425 g/mol. The first-order valence-electron chi connectivity index (χ1n) is 11.0. The predicted octanol–water partition coefficient (Wildman–Crippen LogP) is 4.47. The van der Waals surface area contributed by atoms with Crippen LogP contribution in [0, 0.1) is 23.7 Å². The largest absolute Gasteiger partial charge is 0.497 e. The minimum atomic E-state index is -1.07. The SMILES string of the molecule is COc1ccc2nccc([C@H](F)CC[C@@H]3CCN(CC#Cc4nccs4)C[C@@H]3CO)c2c1. The number of hydrogen-bond donors (Lipinski definition) is 1. The number of pyridine rings is 1. The number of piperidine rings is 1. The predicted molar refractivity (Wildman–Crippen MR) is 125 cm³/mol. The van der Waals surface area contributed by atoms with Gasteiger partial charge in [-0.3, -0.25) is 9.88 Å². The lowest BCUT2D eigenvalue weighted by Gasteiger charge is -2.37. The van der Waals surface area contributed by atoms with Gasteiger partial charge in [-0.15, -0.1) is 11.3 Å². The highest BCUT2D eigenvalue weighted by molar-refractivity contribution is 7.10. The number of methoxy groups -OCH3 is 1. The van der Waals surface area contributed by atoms with Crippen LogP contribution in [-0.2, 0) is 0 Å². The summed E-state index contributed by atoms with van der Waals surface area (Å²) in [6.07, 6.45) is 4.47. The molecular formula is C25H28FN3O2S. The fraction of sp³-hybridized carbons (Fsp3) is 0.440. The summed E-state index contributed by atoms with van der Waals surface area (Å²) in [7, 11) is 1.61. The van der Waals surface area contributed by atoms with Gasteiger partial charge in [0, 0.05) is 36.3 Å². The number of fused-ring (bicyclic) bond motifs is 1. The van der Waals surface area contributed by atoms with E-state index in [4.69, 9.17) is 4.74 Å². The van der Waals surface area contributed by atoms with Crippen molar-refractivity contribution in [3.8, 4) is 17.6 Å². The van der Waals surface area contributed by atoms with Crippen molar-refractivity contribution in [3.05, 3.63) is 52.6 Å². The molecule has 1 fully saturated rings. The van der Waals surface area contributed by atoms with Crippen LogP contribution in [0.5, 0.6) is 5.75 Å². The number of likely N-dealkylation sites (tertiary alicyclic amines) is 1. The van der Waals surface area contributed by atoms with Gasteiger partial charge >= 0.3 is 0 Å². The minimum absolute atomic E-state index is 0.118. The van der Waals surface area contributed by atoms with Gasteiger partial charge in [0.25, 0.3) is 0 Å². The monoisotopic (exact) mass is 453 g/mol. The number of halogens is 1. The van der Waals surface area contributed by atoms with E-state index < -0.39 is 6.17 Å². The van der Waals surface area contributed by atoms with Crippen LogP contribution in [0.2, 0.25) is 0 Å². The van der Waals surface area contributed by atoms with Crippen LogP contribution >= 0.6 is 11.3 Å². The third-order valence-corrected chi connectivity index (χ3v) is 6.94. The van der Waals surface area contributed by atoms with E-state index in [2.05, 4.69) is 26.7 Å². The molecule has 3 heterocycles. The molecule has 0 spiro atoms. The summed E-state index contributed by atoms with van der Waals surface area (Å²) in [4.78, 5) is 10.8. The van der Waals surface area contributed by atoms with E-state index in [1.807, 2.05) is 23.6 Å². The Hall–Kier alpha value is -2.53. The Balaban J connectivity index is 1.35. The number of nitrogens with zero attached hydrogens (tertiary/aromatic N) is 3. The molecule has 1 N–H and O–H groups in total. The summed E-state index contributed by atoms with van der Waals surface area (Å²) < 4.78 is 20.6. The average Bonchev–Trinajstić information content (AvgIpc) is 3.35. The maximum Gasteiger partial charge on any atom is 0.166 e. The van der Waals surface area contributed by atoms with Crippen LogP contribution in [0.1, 0.15) is 36.0 Å². The standard InChI is InChI=1S/C25H28FN3O2S/c1-31-20-5-7-24-22(15-20)21(8-10-27-24)23(26)6-4-18-9-13-29(16-19(18)17-30)12-2-3-25-28-11-14-32-25/h5,7-8,10-11,14-15,18-19,23,30H,4,6,9,12-13,16-17H2,1H3/t18-,19-,23-/m1/s1. The van der Waals surface area contributed by atoms with Crippen LogP contribution in [0.15, 0.2) is 42.0 Å². The van der Waals surface area contributed by atoms with Gasteiger partial charge in [-0.2, -0.15) is 0 Å². The number of benzene rings is 1. The van der Waals surface area contributed by atoms with E-state index in [-0.39, 0.29) is 12.5 Å². The van der Waals surface area contributed by atoms with E-state index in [9.17, 15) is 5.11 Å². The Morgan fingerprint density at radius 1 is 1.28 bits per heavy atom. The molecule has 0 bridgehead atoms. The van der Waals surface area contributed by atoms with Gasteiger partial charge in [0.2, 0.25) is 0 Å². The summed E-state index contributed by atoms with van der Waals surface area (Å²) in [5.41, 5.74) is 1.43. The first-order valence-corrected chi connectivity index (χ1v) is 11.8. The number of ether oxygens (including phenoxy) is 1. The number of aliphatic hydroxyl groups excluding tert-OH is 1. The summed E-state index contributed by atoms with van der Waals surface area (Å²) >= 11 is 1.54. The smallest absolute Gasteiger partial charge is 0.166 e. The number of aliphatic hydroxyl groups is 1. The van der Waals surface area contributed by atoms with Gasteiger partial charge in [-0.05, 0) is 73.4 Å². The van der Waals surface area contributed by atoms with Gasteiger partial charge in [0.1, 0.15) is 11.9 Å². The zero-order chi connectivity index (χ0) is 22.3. The Morgan fingerprint density at radius 2 is 2.19 bits per heavy atom. The fourth-order valence-electron chi connectivity index (χ4n) is 4.46. The second-order valence-corrected chi connectivity index (χ2v) is 9.09. The third kappa shape index (κ3) is 5.44. The Morgan fingerprint density at radius 3 is 2.97 bits per heavy atom. The maximum atomic E-state index is 15.3. The van der Waals surface area contributed by atoms with Crippen LogP contribution in [0.25, 0.3) is 10.9 Å². The van der Waals surface area contributed by atoms with Crippen molar-refractivity contribution in [3.63, 3.8) is 0 Å². The second-order valence-electron chi connectivity index (χ2n) is 8.19. The molecule has 1 saturated heterocycles. The topological polar surface area (TPSA) is 58.5 Å². The van der Waals surface area contributed by atoms with Gasteiger partial charge in [0.15, 0.2) is 5.01 Å². The van der Waals surface area contributed by atoms with Crippen molar-refractivity contribution < 1.29 is 14.2 Å². The number of thiazole rings is 1. The zero-order valence-corrected chi connectivity index (χ0v) is 19.0. The maximum absolute atomic E-state index is 15.3. The molecule has 1 aliphatic heterocycles. The first-order chi connectivity index (χ1) is 15.7. The summed E-state index contributed by atoms with van der Waals surface area (Å²) in [5.74, 6) is 7.42. The second kappa shape index (κ2) is 10.9. The normalized spacial score (nSPS) is 20.0. The molecule has 1 aromatic carbocycles. The molecule has 0 unspecified atom stereocenters. The van der Waals surface area contributed by atoms with Crippen molar-refractivity contribution >= 4 is 22.2 Å². The van der Waals surface area contributed by atoms with E-state index >= 15 is 4.39 Å². The molecule has 5 nitrogen and oxygen atoms in total. The molecule has 0 radical (unpaired) electrons. The number of hydrogen-bond acceptors (Lipinski definition) is 6. The zero-order valence-electron chi connectivity index (χ0n) is 18.2. The molecule has 3 atom stereocenters. The molecule has 32 heavy (non-hydrogen) atoms. The number of aromatic nitrogens is 2. The van der Waals surface area contributed by atoms with E-state index in [0.29, 0.717) is 30.2 Å². The quantitative estimate of drug-likeness (QED) is 0.535. The lowest BCUT2D eigenvalue weighted by atomic mass is 9.81. The first kappa shape index (κ1) is 22.7. The van der Waals surface area contributed by atoms with E-state index in [1.54, 1.807) is 25.6 Å². The molecule has 7 heteroatoms. The van der Waals surface area contributed by atoms with Gasteiger partial charge in [0.05, 0.1) is 19.2 Å².